The molecule has 110 valence electrons. The van der Waals surface area contributed by atoms with Gasteiger partial charge < -0.3 is 15.2 Å². The van der Waals surface area contributed by atoms with Gasteiger partial charge in [-0.1, -0.05) is 19.3 Å². The monoisotopic (exact) mass is 272 g/mol. The zero-order valence-electron chi connectivity index (χ0n) is 11.6. The van der Waals surface area contributed by atoms with Crippen LogP contribution in [0.5, 0.6) is 0 Å². The van der Waals surface area contributed by atoms with Crippen LogP contribution in [-0.2, 0) is 14.3 Å². The van der Waals surface area contributed by atoms with Crippen molar-refractivity contribution >= 4 is 11.9 Å². The Morgan fingerprint density at radius 2 is 2.05 bits per heavy atom. The van der Waals surface area contributed by atoms with Gasteiger partial charge in [0, 0.05) is 13.7 Å². The number of hydrogen-bond donors (Lipinski definition) is 2. The Balaban J connectivity index is 2.48. The van der Waals surface area contributed by atoms with Crippen LogP contribution in [0.2, 0.25) is 0 Å². The van der Waals surface area contributed by atoms with Crippen molar-refractivity contribution in [2.24, 2.45) is 0 Å². The summed E-state index contributed by atoms with van der Waals surface area (Å²) in [6.45, 7) is 1.75. The van der Waals surface area contributed by atoms with Crippen LogP contribution in [0.15, 0.2) is 0 Å². The number of hydrogen-bond acceptors (Lipinski definition) is 4. The van der Waals surface area contributed by atoms with Crippen molar-refractivity contribution in [3.8, 4) is 0 Å². The zero-order valence-corrected chi connectivity index (χ0v) is 11.6. The van der Waals surface area contributed by atoms with Gasteiger partial charge in [-0.15, -0.1) is 0 Å². The van der Waals surface area contributed by atoms with Crippen molar-refractivity contribution in [3.63, 3.8) is 0 Å². The smallest absolute Gasteiger partial charge is 0.320 e. The Morgan fingerprint density at radius 3 is 2.74 bits per heavy atom. The van der Waals surface area contributed by atoms with E-state index in [0.29, 0.717) is 26.1 Å². The Bertz CT molecular complexity index is 296. The molecule has 1 unspecified atom stereocenters. The molecule has 0 saturated carbocycles. The molecule has 0 bridgehead atoms. The summed E-state index contributed by atoms with van der Waals surface area (Å²) in [6.07, 6.45) is 4.68. The normalized spacial score (nSPS) is 21.4. The molecule has 1 atom stereocenters. The largest absolute Gasteiger partial charge is 0.480 e. The number of carboxylic acid groups (broad SMARTS) is 1. The van der Waals surface area contributed by atoms with Crippen LogP contribution in [0, 0.1) is 0 Å². The van der Waals surface area contributed by atoms with Crippen molar-refractivity contribution in [1.29, 1.82) is 0 Å². The number of carboxylic acids is 1. The first-order valence-electron chi connectivity index (χ1n) is 6.87. The fraction of sp³-hybridized carbons (Fsp3) is 0.846. The van der Waals surface area contributed by atoms with E-state index >= 15 is 0 Å². The molecule has 1 amide bonds. The Labute approximate surface area is 114 Å². The fourth-order valence-corrected chi connectivity index (χ4v) is 2.35. The molecular weight excluding hydrogens is 248 g/mol. The molecule has 0 aliphatic carbocycles. The third-order valence-corrected chi connectivity index (χ3v) is 3.37. The van der Waals surface area contributed by atoms with Crippen molar-refractivity contribution in [2.45, 2.75) is 38.1 Å². The number of methoxy groups -OCH3 is 1. The van der Waals surface area contributed by atoms with Crippen LogP contribution >= 0.6 is 0 Å². The van der Waals surface area contributed by atoms with Crippen LogP contribution in [0.3, 0.4) is 0 Å². The molecule has 0 aromatic carbocycles. The molecule has 19 heavy (non-hydrogen) atoms. The van der Waals surface area contributed by atoms with Gasteiger partial charge in [0.25, 0.3) is 0 Å². The van der Waals surface area contributed by atoms with Gasteiger partial charge in [0.05, 0.1) is 13.2 Å². The van der Waals surface area contributed by atoms with Gasteiger partial charge in [-0.05, 0) is 19.4 Å². The van der Waals surface area contributed by atoms with E-state index in [-0.39, 0.29) is 12.5 Å². The highest BCUT2D eigenvalue weighted by molar-refractivity contribution is 5.79. The summed E-state index contributed by atoms with van der Waals surface area (Å²) < 4.78 is 4.86. The number of nitrogens with one attached hydrogen (secondary N) is 1. The third-order valence-electron chi connectivity index (χ3n) is 3.37. The second-order valence-corrected chi connectivity index (χ2v) is 4.87. The highest BCUT2D eigenvalue weighted by Gasteiger charge is 2.27. The minimum atomic E-state index is -0.827. The van der Waals surface area contributed by atoms with Gasteiger partial charge in [0.1, 0.15) is 6.04 Å². The molecule has 0 radical (unpaired) electrons. The minimum Gasteiger partial charge on any atom is -0.480 e. The highest BCUT2D eigenvalue weighted by atomic mass is 16.5. The third kappa shape index (κ3) is 6.02. The second-order valence-electron chi connectivity index (χ2n) is 4.87. The van der Waals surface area contributed by atoms with Crippen molar-refractivity contribution in [3.05, 3.63) is 0 Å². The number of carbonyl (C=O) groups excluding carboxylic acids is 1. The van der Waals surface area contributed by atoms with Crippen LogP contribution in [0.25, 0.3) is 0 Å². The van der Waals surface area contributed by atoms with Gasteiger partial charge in [-0.25, -0.2) is 0 Å². The van der Waals surface area contributed by atoms with Crippen LogP contribution in [0.4, 0.5) is 0 Å². The number of amides is 1. The van der Waals surface area contributed by atoms with Crippen LogP contribution < -0.4 is 5.32 Å². The van der Waals surface area contributed by atoms with E-state index in [1.165, 1.54) is 0 Å². The highest BCUT2D eigenvalue weighted by Crippen LogP contribution is 2.16. The van der Waals surface area contributed by atoms with Crippen molar-refractivity contribution in [2.75, 3.05) is 33.4 Å². The molecule has 0 aromatic heterocycles. The molecule has 1 heterocycles. The van der Waals surface area contributed by atoms with E-state index in [4.69, 9.17) is 4.74 Å². The summed E-state index contributed by atoms with van der Waals surface area (Å²) >= 11 is 0. The maximum absolute atomic E-state index is 11.8. The molecule has 1 saturated heterocycles. The van der Waals surface area contributed by atoms with E-state index in [0.717, 1.165) is 25.7 Å². The number of ether oxygens (including phenoxy) is 1. The molecular formula is C13H24N2O4. The molecule has 6 nitrogen and oxygen atoms in total. The molecule has 1 aliphatic heterocycles. The Kier molecular flexibility index (Phi) is 7.43. The summed E-state index contributed by atoms with van der Waals surface area (Å²) in [6, 6.07) is -0.534. The van der Waals surface area contributed by atoms with Gasteiger partial charge in [-0.3, -0.25) is 14.5 Å². The molecule has 0 spiro atoms. The Morgan fingerprint density at radius 1 is 1.32 bits per heavy atom. The lowest BCUT2D eigenvalue weighted by Gasteiger charge is -2.30. The molecule has 2 N–H and O–H groups in total. The number of aliphatic carboxylic acids is 1. The molecule has 6 heteroatoms. The maximum Gasteiger partial charge on any atom is 0.320 e. The average Bonchev–Trinajstić information content (AvgIpc) is 2.32. The molecule has 0 aromatic rings. The van der Waals surface area contributed by atoms with Gasteiger partial charge >= 0.3 is 5.97 Å². The first kappa shape index (κ1) is 15.9. The summed E-state index contributed by atoms with van der Waals surface area (Å²) in [7, 11) is 1.57. The lowest BCUT2D eigenvalue weighted by atomic mass is 10.0. The van der Waals surface area contributed by atoms with Crippen LogP contribution in [-0.4, -0.2) is 61.3 Å². The van der Waals surface area contributed by atoms with E-state index in [1.807, 2.05) is 0 Å². The van der Waals surface area contributed by atoms with Gasteiger partial charge in [-0.2, -0.15) is 0 Å². The molecule has 1 aliphatic rings. The lowest BCUT2D eigenvalue weighted by Crippen LogP contribution is -2.47. The van der Waals surface area contributed by atoms with E-state index < -0.39 is 12.0 Å². The summed E-state index contributed by atoms with van der Waals surface area (Å²) in [5, 5.41) is 12.0. The number of nitrogens with zero attached hydrogens (tertiary/aromatic N) is 1. The summed E-state index contributed by atoms with van der Waals surface area (Å²) in [4.78, 5) is 24.8. The maximum atomic E-state index is 11.8. The summed E-state index contributed by atoms with van der Waals surface area (Å²) in [5.41, 5.74) is 0. The quantitative estimate of drug-likeness (QED) is 0.687. The van der Waals surface area contributed by atoms with E-state index in [9.17, 15) is 14.7 Å². The van der Waals surface area contributed by atoms with Gasteiger partial charge in [0.15, 0.2) is 0 Å². The standard InChI is InChI=1S/C13H24N2O4/c1-19-9-7-14-12(16)10-15-8-5-3-2-4-6-11(15)13(17)18/h11H,2-10H2,1H3,(H,14,16)(H,17,18). The van der Waals surface area contributed by atoms with Crippen molar-refractivity contribution < 1.29 is 19.4 Å². The number of carbonyl (C=O) groups is 2. The minimum absolute atomic E-state index is 0.135. The van der Waals surface area contributed by atoms with Crippen molar-refractivity contribution in [1.82, 2.24) is 10.2 Å². The van der Waals surface area contributed by atoms with E-state index in [2.05, 4.69) is 5.32 Å². The first-order chi connectivity index (χ1) is 9.15. The van der Waals surface area contributed by atoms with Gasteiger partial charge in [0.2, 0.25) is 5.91 Å². The SMILES string of the molecule is COCCNC(=O)CN1CCCCCCC1C(=O)O. The fourth-order valence-electron chi connectivity index (χ4n) is 2.35. The second kappa shape index (κ2) is 8.87. The molecule has 1 fully saturated rings. The predicted octanol–water partition coefficient (Wildman–Crippen LogP) is 0.468. The lowest BCUT2D eigenvalue weighted by molar-refractivity contribution is -0.144. The summed E-state index contributed by atoms with van der Waals surface area (Å²) in [5.74, 6) is -0.963. The first-order valence-corrected chi connectivity index (χ1v) is 6.87. The van der Waals surface area contributed by atoms with Crippen LogP contribution in [0.1, 0.15) is 32.1 Å². The number of rotatable bonds is 6. The number of likely N-dealkylation sites (tertiary alicyclic amines) is 1. The average molecular weight is 272 g/mol. The predicted molar refractivity (Wildman–Crippen MR) is 71.0 cm³/mol. The molecule has 1 rings (SSSR count). The van der Waals surface area contributed by atoms with E-state index in [1.54, 1.807) is 12.0 Å². The zero-order chi connectivity index (χ0) is 14.1. The Hall–Kier alpha value is -1.14. The topological polar surface area (TPSA) is 78.9 Å².